The summed E-state index contributed by atoms with van der Waals surface area (Å²) < 4.78 is 0. The molecule has 23 heavy (non-hydrogen) atoms. The molecule has 3 rings (SSSR count). The number of hydrogen-bond donors (Lipinski definition) is 0. The van der Waals surface area contributed by atoms with Gasteiger partial charge in [-0.05, 0) is 35.2 Å². The average molecular weight is 411 g/mol. The molecule has 0 bridgehead atoms. The number of benzene rings is 3. The Morgan fingerprint density at radius 3 is 0.957 bits per heavy atom. The van der Waals surface area contributed by atoms with E-state index in [2.05, 4.69) is 91.0 Å². The SMILES string of the molecule is [Pd].c1ccc(CP(Cc2ccccc2)Cc2ccccc2)cc1. The van der Waals surface area contributed by atoms with Gasteiger partial charge in [0.15, 0.2) is 0 Å². The van der Waals surface area contributed by atoms with Crippen LogP contribution in [0.5, 0.6) is 0 Å². The molecule has 0 saturated carbocycles. The first-order valence-electron chi connectivity index (χ1n) is 7.74. The molecule has 0 fully saturated rings. The zero-order valence-electron chi connectivity index (χ0n) is 13.0. The molecule has 0 nitrogen and oxygen atoms in total. The van der Waals surface area contributed by atoms with Crippen LogP contribution in [-0.2, 0) is 38.9 Å². The van der Waals surface area contributed by atoms with Crippen LogP contribution in [-0.4, -0.2) is 0 Å². The van der Waals surface area contributed by atoms with Gasteiger partial charge in [-0.1, -0.05) is 98.9 Å². The van der Waals surface area contributed by atoms with Crippen LogP contribution in [0.4, 0.5) is 0 Å². The molecule has 0 aliphatic rings. The summed E-state index contributed by atoms with van der Waals surface area (Å²) in [6.45, 7) is 0. The smallest absolute Gasteiger partial charge is 0 e. The van der Waals surface area contributed by atoms with E-state index in [1.807, 2.05) is 0 Å². The van der Waals surface area contributed by atoms with Crippen molar-refractivity contribution in [1.82, 2.24) is 0 Å². The molecule has 0 unspecified atom stereocenters. The third-order valence-corrected chi connectivity index (χ3v) is 6.18. The summed E-state index contributed by atoms with van der Waals surface area (Å²) in [5.74, 6) is 0. The molecule has 3 aromatic rings. The van der Waals surface area contributed by atoms with Crippen LogP contribution in [0.25, 0.3) is 0 Å². The van der Waals surface area contributed by atoms with Gasteiger partial charge in [-0.25, -0.2) is 0 Å². The molecular formula is C21H21PPd. The monoisotopic (exact) mass is 410 g/mol. The van der Waals surface area contributed by atoms with Crippen molar-refractivity contribution < 1.29 is 20.4 Å². The predicted octanol–water partition coefficient (Wildman–Crippen LogP) is 6.07. The summed E-state index contributed by atoms with van der Waals surface area (Å²) in [5.41, 5.74) is 4.38. The molecule has 0 N–H and O–H groups in total. The molecule has 3 aromatic carbocycles. The molecule has 0 spiro atoms. The van der Waals surface area contributed by atoms with Gasteiger partial charge in [0.05, 0.1) is 0 Å². The van der Waals surface area contributed by atoms with Crippen LogP contribution >= 0.6 is 7.92 Å². The molecule has 0 radical (unpaired) electrons. The molecule has 0 saturated heterocycles. The van der Waals surface area contributed by atoms with Gasteiger partial charge in [0.2, 0.25) is 0 Å². The van der Waals surface area contributed by atoms with E-state index >= 15 is 0 Å². The summed E-state index contributed by atoms with van der Waals surface area (Å²) in [6, 6.07) is 32.7. The van der Waals surface area contributed by atoms with E-state index in [4.69, 9.17) is 0 Å². The van der Waals surface area contributed by atoms with Gasteiger partial charge < -0.3 is 0 Å². The second-order valence-electron chi connectivity index (χ2n) is 5.60. The minimum atomic E-state index is -0.0895. The Morgan fingerprint density at radius 2 is 0.696 bits per heavy atom. The topological polar surface area (TPSA) is 0 Å². The van der Waals surface area contributed by atoms with Crippen molar-refractivity contribution in [3.63, 3.8) is 0 Å². The fourth-order valence-electron chi connectivity index (χ4n) is 2.69. The van der Waals surface area contributed by atoms with E-state index in [9.17, 15) is 0 Å². The van der Waals surface area contributed by atoms with E-state index in [0.717, 1.165) is 0 Å². The van der Waals surface area contributed by atoms with Crippen LogP contribution in [0, 0.1) is 0 Å². The van der Waals surface area contributed by atoms with E-state index < -0.39 is 0 Å². The average Bonchev–Trinajstić information content (AvgIpc) is 2.57. The van der Waals surface area contributed by atoms with Gasteiger partial charge in [0.25, 0.3) is 0 Å². The first-order chi connectivity index (χ1) is 10.9. The number of hydrogen-bond acceptors (Lipinski definition) is 0. The Labute approximate surface area is 154 Å². The van der Waals surface area contributed by atoms with Gasteiger partial charge in [0.1, 0.15) is 0 Å². The summed E-state index contributed by atoms with van der Waals surface area (Å²) >= 11 is 0. The standard InChI is InChI=1S/C21H21P.Pd/c1-4-10-19(11-5-1)16-22(17-20-12-6-2-7-13-20)18-21-14-8-3-9-15-21;/h1-15H,16-18H2;. The third-order valence-electron chi connectivity index (χ3n) is 3.75. The van der Waals surface area contributed by atoms with Crippen LogP contribution in [0.2, 0.25) is 0 Å². The predicted molar refractivity (Wildman–Crippen MR) is 97.4 cm³/mol. The molecule has 0 atom stereocenters. The van der Waals surface area contributed by atoms with E-state index in [1.165, 1.54) is 35.2 Å². The van der Waals surface area contributed by atoms with Gasteiger partial charge in [0, 0.05) is 20.4 Å². The second-order valence-corrected chi connectivity index (χ2v) is 7.89. The molecule has 0 heterocycles. The third kappa shape index (κ3) is 6.04. The summed E-state index contributed by atoms with van der Waals surface area (Å²) in [6.07, 6.45) is 3.58. The van der Waals surface area contributed by atoms with Crippen LogP contribution in [0.3, 0.4) is 0 Å². The van der Waals surface area contributed by atoms with Crippen LogP contribution in [0.15, 0.2) is 91.0 Å². The van der Waals surface area contributed by atoms with E-state index in [0.29, 0.717) is 0 Å². The Balaban J connectivity index is 0.00000192. The largest absolute Gasteiger partial charge is 0.0932 e. The minimum Gasteiger partial charge on any atom is -0.0932 e. The maximum atomic E-state index is 2.26. The molecule has 0 amide bonds. The first-order valence-corrected chi connectivity index (χ1v) is 9.64. The van der Waals surface area contributed by atoms with Gasteiger partial charge in [-0.15, -0.1) is 0 Å². The van der Waals surface area contributed by atoms with Crippen molar-refractivity contribution in [2.75, 3.05) is 0 Å². The summed E-state index contributed by atoms with van der Waals surface area (Å²) in [5, 5.41) is 0. The van der Waals surface area contributed by atoms with Gasteiger partial charge in [-0.2, -0.15) is 0 Å². The molecule has 0 aromatic heterocycles. The molecule has 120 valence electrons. The van der Waals surface area contributed by atoms with Crippen LogP contribution < -0.4 is 0 Å². The van der Waals surface area contributed by atoms with E-state index in [-0.39, 0.29) is 28.3 Å². The maximum absolute atomic E-state index is 2.26. The Bertz CT molecular complexity index is 569. The maximum Gasteiger partial charge on any atom is 0 e. The van der Waals surface area contributed by atoms with Crippen molar-refractivity contribution in [3.05, 3.63) is 108 Å². The summed E-state index contributed by atoms with van der Waals surface area (Å²) in [7, 11) is -0.0895. The van der Waals surface area contributed by atoms with Crippen molar-refractivity contribution in [1.29, 1.82) is 0 Å². The fraction of sp³-hybridized carbons (Fsp3) is 0.143. The molecule has 0 aliphatic carbocycles. The Morgan fingerprint density at radius 1 is 0.435 bits per heavy atom. The fourth-order valence-corrected chi connectivity index (χ4v) is 5.21. The quantitative estimate of drug-likeness (QED) is 0.342. The zero-order valence-corrected chi connectivity index (χ0v) is 15.5. The second kappa shape index (κ2) is 9.79. The van der Waals surface area contributed by atoms with Crippen molar-refractivity contribution in [2.24, 2.45) is 0 Å². The molecule has 2 heteroatoms. The normalized spacial score (nSPS) is 10.3. The summed E-state index contributed by atoms with van der Waals surface area (Å²) in [4.78, 5) is 0. The van der Waals surface area contributed by atoms with Crippen molar-refractivity contribution >= 4 is 7.92 Å². The van der Waals surface area contributed by atoms with Crippen molar-refractivity contribution in [3.8, 4) is 0 Å². The van der Waals surface area contributed by atoms with Crippen molar-refractivity contribution in [2.45, 2.75) is 18.5 Å². The van der Waals surface area contributed by atoms with Gasteiger partial charge >= 0.3 is 0 Å². The Kier molecular flexibility index (Phi) is 7.71. The zero-order chi connectivity index (χ0) is 15.0. The van der Waals surface area contributed by atoms with Crippen LogP contribution in [0.1, 0.15) is 16.7 Å². The molecular weight excluding hydrogens is 390 g/mol. The minimum absolute atomic E-state index is 0. The number of rotatable bonds is 6. The first kappa shape index (κ1) is 18.1. The van der Waals surface area contributed by atoms with E-state index in [1.54, 1.807) is 0 Å². The molecule has 0 aliphatic heterocycles. The van der Waals surface area contributed by atoms with Gasteiger partial charge in [-0.3, -0.25) is 0 Å². The Hall–Kier alpha value is -1.25.